The molecule has 0 aliphatic carbocycles. The second-order valence-electron chi connectivity index (χ2n) is 3.42. The molecule has 15 heavy (non-hydrogen) atoms. The molecule has 0 aliphatic rings. The van der Waals surface area contributed by atoms with E-state index in [1.54, 1.807) is 0 Å². The number of hydrogen-bond donors (Lipinski definition) is 0. The molecule has 0 bridgehead atoms. The zero-order valence-electron chi connectivity index (χ0n) is 9.53. The van der Waals surface area contributed by atoms with Crippen LogP contribution < -0.4 is 0 Å². The van der Waals surface area contributed by atoms with Crippen LogP contribution >= 0.6 is 0 Å². The Morgan fingerprint density at radius 3 is 2.60 bits per heavy atom. The van der Waals surface area contributed by atoms with Crippen molar-refractivity contribution in [2.24, 2.45) is 0 Å². The molecule has 0 rings (SSSR count). The van der Waals surface area contributed by atoms with E-state index in [1.807, 2.05) is 13.8 Å². The van der Waals surface area contributed by atoms with E-state index in [0.29, 0.717) is 13.1 Å². The molecular weight excluding hydrogens is 196 g/mol. The SMILES string of the molecule is CCCCC(CC(=O)OCCC)OC=O. The van der Waals surface area contributed by atoms with Gasteiger partial charge in [-0.25, -0.2) is 0 Å². The maximum atomic E-state index is 11.2. The smallest absolute Gasteiger partial charge is 0.309 e. The van der Waals surface area contributed by atoms with Crippen LogP contribution in [0.4, 0.5) is 0 Å². The molecule has 88 valence electrons. The van der Waals surface area contributed by atoms with Crippen LogP contribution in [0.15, 0.2) is 0 Å². The molecule has 1 unspecified atom stereocenters. The van der Waals surface area contributed by atoms with Crippen LogP contribution in [0.5, 0.6) is 0 Å². The minimum atomic E-state index is -0.327. The van der Waals surface area contributed by atoms with Gasteiger partial charge in [0.05, 0.1) is 13.0 Å². The van der Waals surface area contributed by atoms with Crippen LogP contribution in [0.3, 0.4) is 0 Å². The molecule has 4 nitrogen and oxygen atoms in total. The highest BCUT2D eigenvalue weighted by molar-refractivity contribution is 5.70. The molecule has 4 heteroatoms. The maximum Gasteiger partial charge on any atom is 0.309 e. The summed E-state index contributed by atoms with van der Waals surface area (Å²) in [6.07, 6.45) is 3.32. The molecule has 0 N–H and O–H groups in total. The van der Waals surface area contributed by atoms with E-state index in [2.05, 4.69) is 0 Å². The molecule has 1 atom stereocenters. The fraction of sp³-hybridized carbons (Fsp3) is 0.818. The summed E-state index contributed by atoms with van der Waals surface area (Å²) in [7, 11) is 0. The van der Waals surface area contributed by atoms with E-state index in [9.17, 15) is 9.59 Å². The molecule has 0 aliphatic heterocycles. The minimum absolute atomic E-state index is 0.165. The van der Waals surface area contributed by atoms with Crippen molar-refractivity contribution in [3.05, 3.63) is 0 Å². The largest absolute Gasteiger partial charge is 0.466 e. The molecule has 0 aromatic carbocycles. The van der Waals surface area contributed by atoms with Crippen molar-refractivity contribution in [1.82, 2.24) is 0 Å². The Bertz CT molecular complexity index is 179. The van der Waals surface area contributed by atoms with Gasteiger partial charge < -0.3 is 9.47 Å². The third-order valence-electron chi connectivity index (χ3n) is 1.99. The quantitative estimate of drug-likeness (QED) is 0.437. The molecule has 0 spiro atoms. The Morgan fingerprint density at radius 1 is 1.33 bits per heavy atom. The first-order chi connectivity index (χ1) is 7.24. The predicted molar refractivity (Wildman–Crippen MR) is 56.3 cm³/mol. The van der Waals surface area contributed by atoms with E-state index < -0.39 is 0 Å². The molecule has 0 saturated heterocycles. The Kier molecular flexibility index (Phi) is 8.82. The number of unbranched alkanes of at least 4 members (excludes halogenated alkanes) is 1. The summed E-state index contributed by atoms with van der Waals surface area (Å²) in [5, 5.41) is 0. The van der Waals surface area contributed by atoms with Gasteiger partial charge in [0.25, 0.3) is 6.47 Å². The summed E-state index contributed by atoms with van der Waals surface area (Å²) in [5.74, 6) is -0.292. The number of esters is 1. The Labute approximate surface area is 90.9 Å². The summed E-state index contributed by atoms with van der Waals surface area (Å²) in [5.41, 5.74) is 0. The van der Waals surface area contributed by atoms with Crippen molar-refractivity contribution in [3.63, 3.8) is 0 Å². The van der Waals surface area contributed by atoms with Crippen LogP contribution in [0.2, 0.25) is 0 Å². The fourth-order valence-electron chi connectivity index (χ4n) is 1.19. The van der Waals surface area contributed by atoms with Gasteiger partial charge in [-0.15, -0.1) is 0 Å². The zero-order chi connectivity index (χ0) is 11.5. The summed E-state index contributed by atoms with van der Waals surface area (Å²) < 4.78 is 9.73. The summed E-state index contributed by atoms with van der Waals surface area (Å²) in [6, 6.07) is 0. The van der Waals surface area contributed by atoms with E-state index in [-0.39, 0.29) is 18.5 Å². The third kappa shape index (κ3) is 7.97. The van der Waals surface area contributed by atoms with Gasteiger partial charge in [-0.3, -0.25) is 9.59 Å². The Morgan fingerprint density at radius 2 is 2.07 bits per heavy atom. The van der Waals surface area contributed by atoms with E-state index in [1.165, 1.54) is 0 Å². The highest BCUT2D eigenvalue weighted by Crippen LogP contribution is 2.09. The van der Waals surface area contributed by atoms with Crippen molar-refractivity contribution in [2.45, 2.75) is 52.1 Å². The predicted octanol–water partition coefficient (Wildman–Crippen LogP) is 2.06. The minimum Gasteiger partial charge on any atom is -0.466 e. The van der Waals surface area contributed by atoms with Gasteiger partial charge in [0.2, 0.25) is 0 Å². The highest BCUT2D eigenvalue weighted by Gasteiger charge is 2.15. The number of carbonyl (C=O) groups excluding carboxylic acids is 2. The summed E-state index contributed by atoms with van der Waals surface area (Å²) in [4.78, 5) is 21.4. The van der Waals surface area contributed by atoms with Crippen LogP contribution in [-0.2, 0) is 19.1 Å². The molecule has 0 fully saturated rings. The van der Waals surface area contributed by atoms with Crippen LogP contribution in [0.1, 0.15) is 46.0 Å². The van der Waals surface area contributed by atoms with Crippen LogP contribution in [-0.4, -0.2) is 25.2 Å². The van der Waals surface area contributed by atoms with Gasteiger partial charge in [-0.2, -0.15) is 0 Å². The third-order valence-corrected chi connectivity index (χ3v) is 1.99. The lowest BCUT2D eigenvalue weighted by Gasteiger charge is -2.13. The standard InChI is InChI=1S/C11H20O4/c1-3-5-6-10(15-9-12)8-11(13)14-7-4-2/h9-10H,3-8H2,1-2H3. The Balaban J connectivity index is 3.80. The molecule has 0 radical (unpaired) electrons. The second kappa shape index (κ2) is 9.49. The summed E-state index contributed by atoms with van der Waals surface area (Å²) >= 11 is 0. The molecular formula is C11H20O4. The molecule has 0 heterocycles. The number of carbonyl (C=O) groups is 2. The lowest BCUT2D eigenvalue weighted by Crippen LogP contribution is -2.19. The van der Waals surface area contributed by atoms with Crippen molar-refractivity contribution in [2.75, 3.05) is 6.61 Å². The Hall–Kier alpha value is -1.06. The van der Waals surface area contributed by atoms with Crippen molar-refractivity contribution >= 4 is 12.4 Å². The number of rotatable bonds is 9. The van der Waals surface area contributed by atoms with Gasteiger partial charge in [0, 0.05) is 0 Å². The molecule has 0 aromatic rings. The summed E-state index contributed by atoms with van der Waals surface area (Å²) in [6.45, 7) is 4.81. The van der Waals surface area contributed by atoms with Crippen LogP contribution in [0.25, 0.3) is 0 Å². The fourth-order valence-corrected chi connectivity index (χ4v) is 1.19. The second-order valence-corrected chi connectivity index (χ2v) is 3.42. The molecule has 0 amide bonds. The first kappa shape index (κ1) is 13.9. The first-order valence-electron chi connectivity index (χ1n) is 5.49. The van der Waals surface area contributed by atoms with Crippen molar-refractivity contribution < 1.29 is 19.1 Å². The first-order valence-corrected chi connectivity index (χ1v) is 5.49. The lowest BCUT2D eigenvalue weighted by atomic mass is 10.1. The number of hydrogen-bond acceptors (Lipinski definition) is 4. The van der Waals surface area contributed by atoms with Gasteiger partial charge >= 0.3 is 5.97 Å². The van der Waals surface area contributed by atoms with Crippen molar-refractivity contribution in [1.29, 1.82) is 0 Å². The number of ether oxygens (including phenoxy) is 2. The van der Waals surface area contributed by atoms with Gasteiger partial charge in [-0.05, 0) is 12.8 Å². The van der Waals surface area contributed by atoms with E-state index >= 15 is 0 Å². The van der Waals surface area contributed by atoms with E-state index in [0.717, 1.165) is 25.7 Å². The van der Waals surface area contributed by atoms with Gasteiger partial charge in [-0.1, -0.05) is 26.7 Å². The average Bonchev–Trinajstić information content (AvgIpc) is 2.23. The van der Waals surface area contributed by atoms with E-state index in [4.69, 9.17) is 9.47 Å². The normalized spacial score (nSPS) is 11.9. The highest BCUT2D eigenvalue weighted by atomic mass is 16.5. The van der Waals surface area contributed by atoms with Gasteiger partial charge in [0.15, 0.2) is 0 Å². The zero-order valence-corrected chi connectivity index (χ0v) is 9.53. The topological polar surface area (TPSA) is 52.6 Å². The van der Waals surface area contributed by atoms with Gasteiger partial charge in [0.1, 0.15) is 6.10 Å². The molecule has 0 saturated carbocycles. The average molecular weight is 216 g/mol. The van der Waals surface area contributed by atoms with Crippen LogP contribution in [0, 0.1) is 0 Å². The van der Waals surface area contributed by atoms with Crippen molar-refractivity contribution in [3.8, 4) is 0 Å². The molecule has 0 aromatic heterocycles. The monoisotopic (exact) mass is 216 g/mol. The maximum absolute atomic E-state index is 11.2. The lowest BCUT2D eigenvalue weighted by molar-refractivity contribution is -0.149.